The monoisotopic (exact) mass is 262 g/mol. The van der Waals surface area contributed by atoms with E-state index in [1.807, 2.05) is 7.05 Å². The van der Waals surface area contributed by atoms with Crippen molar-refractivity contribution in [1.29, 1.82) is 0 Å². The van der Waals surface area contributed by atoms with Gasteiger partial charge in [0.2, 0.25) is 0 Å². The van der Waals surface area contributed by atoms with Gasteiger partial charge in [-0.05, 0) is 38.1 Å². The van der Waals surface area contributed by atoms with Gasteiger partial charge in [0.15, 0.2) is 0 Å². The number of aromatic nitrogens is 2. The van der Waals surface area contributed by atoms with Gasteiger partial charge in [0, 0.05) is 25.1 Å². The van der Waals surface area contributed by atoms with Crippen LogP contribution in [0.5, 0.6) is 0 Å². The van der Waals surface area contributed by atoms with Crippen LogP contribution in [-0.4, -0.2) is 29.6 Å². The van der Waals surface area contributed by atoms with Crippen LogP contribution in [0.1, 0.15) is 43.8 Å². The van der Waals surface area contributed by atoms with Crippen LogP contribution >= 0.6 is 0 Å². The van der Waals surface area contributed by atoms with Gasteiger partial charge in [0.05, 0.1) is 0 Å². The molecule has 0 bridgehead atoms. The lowest BCUT2D eigenvalue weighted by Crippen LogP contribution is -2.38. The zero-order valence-corrected chi connectivity index (χ0v) is 11.4. The Kier molecular flexibility index (Phi) is 3.31. The number of rotatable bonds is 4. The molecule has 0 radical (unpaired) electrons. The fraction of sp³-hybridized carbons (Fsp3) is 0.714. The standard InChI is InChI=1S/C14H22N4O/c1-18(11-4-2-3-10(11)8-15)12-7-13(19)17-14(16-12)9-5-6-9/h7,9-11H,2-6,8,15H2,1H3,(H,16,17,19). The molecule has 1 aromatic heterocycles. The molecule has 2 saturated carbocycles. The number of aromatic amines is 1. The highest BCUT2D eigenvalue weighted by atomic mass is 16.1. The summed E-state index contributed by atoms with van der Waals surface area (Å²) in [6.07, 6.45) is 5.83. The van der Waals surface area contributed by atoms with E-state index in [1.165, 1.54) is 12.8 Å². The third-order valence-corrected chi connectivity index (χ3v) is 4.49. The summed E-state index contributed by atoms with van der Waals surface area (Å²) in [6.45, 7) is 0.716. The Labute approximate surface area is 113 Å². The lowest BCUT2D eigenvalue weighted by atomic mass is 10.0. The Balaban J connectivity index is 1.86. The second-order valence-electron chi connectivity index (χ2n) is 5.87. The fourth-order valence-corrected chi connectivity index (χ4v) is 3.17. The molecule has 1 heterocycles. The largest absolute Gasteiger partial charge is 0.356 e. The zero-order chi connectivity index (χ0) is 13.4. The molecular formula is C14H22N4O. The van der Waals surface area contributed by atoms with Crippen molar-refractivity contribution >= 4 is 5.82 Å². The highest BCUT2D eigenvalue weighted by Crippen LogP contribution is 2.38. The first-order valence-electron chi connectivity index (χ1n) is 7.23. The van der Waals surface area contributed by atoms with Gasteiger partial charge in [-0.25, -0.2) is 4.98 Å². The van der Waals surface area contributed by atoms with Gasteiger partial charge in [-0.2, -0.15) is 0 Å². The van der Waals surface area contributed by atoms with Crippen molar-refractivity contribution in [3.63, 3.8) is 0 Å². The van der Waals surface area contributed by atoms with Crippen molar-refractivity contribution in [2.45, 2.75) is 44.1 Å². The van der Waals surface area contributed by atoms with Crippen LogP contribution in [0.15, 0.2) is 10.9 Å². The van der Waals surface area contributed by atoms with Crippen molar-refractivity contribution < 1.29 is 0 Å². The van der Waals surface area contributed by atoms with Gasteiger partial charge in [-0.3, -0.25) is 4.79 Å². The van der Waals surface area contributed by atoms with E-state index in [1.54, 1.807) is 6.07 Å². The van der Waals surface area contributed by atoms with Crippen molar-refractivity contribution in [2.24, 2.45) is 11.7 Å². The van der Waals surface area contributed by atoms with Crippen molar-refractivity contribution in [3.05, 3.63) is 22.2 Å². The van der Waals surface area contributed by atoms with Crippen LogP contribution in [0.25, 0.3) is 0 Å². The first-order valence-corrected chi connectivity index (χ1v) is 7.23. The minimum atomic E-state index is -0.0407. The summed E-state index contributed by atoms with van der Waals surface area (Å²) in [7, 11) is 2.04. The van der Waals surface area contributed by atoms with E-state index in [-0.39, 0.29) is 5.56 Å². The van der Waals surface area contributed by atoms with Crippen molar-refractivity contribution in [1.82, 2.24) is 9.97 Å². The third-order valence-electron chi connectivity index (χ3n) is 4.49. The zero-order valence-electron chi connectivity index (χ0n) is 11.4. The second-order valence-corrected chi connectivity index (χ2v) is 5.87. The predicted octanol–water partition coefficient (Wildman–Crippen LogP) is 1.21. The van der Waals surface area contributed by atoms with Crippen LogP contribution in [0.4, 0.5) is 5.82 Å². The first kappa shape index (κ1) is 12.7. The summed E-state index contributed by atoms with van der Waals surface area (Å²) in [6, 6.07) is 2.03. The molecule has 2 atom stereocenters. The van der Waals surface area contributed by atoms with E-state index in [0.717, 1.165) is 30.9 Å². The molecule has 2 aliphatic rings. The smallest absolute Gasteiger partial charge is 0.252 e. The second kappa shape index (κ2) is 4.96. The van der Waals surface area contributed by atoms with Gasteiger partial charge in [0.25, 0.3) is 5.56 Å². The molecule has 0 aromatic carbocycles. The number of nitrogens with one attached hydrogen (secondary N) is 1. The molecule has 2 aliphatic carbocycles. The molecule has 3 N–H and O–H groups in total. The summed E-state index contributed by atoms with van der Waals surface area (Å²) in [5.74, 6) is 2.65. The van der Waals surface area contributed by atoms with Gasteiger partial charge < -0.3 is 15.6 Å². The number of hydrogen-bond acceptors (Lipinski definition) is 4. The van der Waals surface area contributed by atoms with Crippen LogP contribution < -0.4 is 16.2 Å². The molecule has 0 aliphatic heterocycles. The average Bonchev–Trinajstić information content (AvgIpc) is 3.15. The van der Waals surface area contributed by atoms with Crippen molar-refractivity contribution in [3.8, 4) is 0 Å². The molecule has 3 rings (SSSR count). The molecule has 0 saturated heterocycles. The molecule has 104 valence electrons. The van der Waals surface area contributed by atoms with E-state index in [2.05, 4.69) is 14.9 Å². The molecule has 5 heteroatoms. The molecule has 0 spiro atoms. The Morgan fingerprint density at radius 1 is 1.42 bits per heavy atom. The Morgan fingerprint density at radius 3 is 2.89 bits per heavy atom. The highest BCUT2D eigenvalue weighted by Gasteiger charge is 2.31. The molecule has 5 nitrogen and oxygen atoms in total. The lowest BCUT2D eigenvalue weighted by molar-refractivity contribution is 0.471. The summed E-state index contributed by atoms with van der Waals surface area (Å²) >= 11 is 0. The number of nitrogens with two attached hydrogens (primary N) is 1. The van der Waals surface area contributed by atoms with Crippen LogP contribution in [0.2, 0.25) is 0 Å². The Bertz CT molecular complexity index is 508. The maximum absolute atomic E-state index is 11.8. The number of hydrogen-bond donors (Lipinski definition) is 2. The van der Waals surface area contributed by atoms with E-state index in [9.17, 15) is 4.79 Å². The van der Waals surface area contributed by atoms with E-state index in [4.69, 9.17) is 5.73 Å². The number of H-pyrrole nitrogens is 1. The quantitative estimate of drug-likeness (QED) is 0.855. The van der Waals surface area contributed by atoms with Crippen LogP contribution in [-0.2, 0) is 0 Å². The molecular weight excluding hydrogens is 240 g/mol. The van der Waals surface area contributed by atoms with Gasteiger partial charge >= 0.3 is 0 Å². The minimum Gasteiger partial charge on any atom is -0.356 e. The van der Waals surface area contributed by atoms with Crippen LogP contribution in [0.3, 0.4) is 0 Å². The molecule has 2 fully saturated rings. The molecule has 19 heavy (non-hydrogen) atoms. The van der Waals surface area contributed by atoms with Crippen LogP contribution in [0, 0.1) is 5.92 Å². The van der Waals surface area contributed by atoms with E-state index < -0.39 is 0 Å². The maximum Gasteiger partial charge on any atom is 0.252 e. The SMILES string of the molecule is CN(c1cc(=O)[nH]c(C2CC2)n1)C1CCCC1CN. The number of nitrogens with zero attached hydrogens (tertiary/aromatic N) is 2. The van der Waals surface area contributed by atoms with Crippen molar-refractivity contribution in [2.75, 3.05) is 18.5 Å². The summed E-state index contributed by atoms with van der Waals surface area (Å²) < 4.78 is 0. The minimum absolute atomic E-state index is 0.0407. The maximum atomic E-state index is 11.8. The fourth-order valence-electron chi connectivity index (χ4n) is 3.17. The normalized spacial score (nSPS) is 26.6. The first-order chi connectivity index (χ1) is 9.19. The summed E-state index contributed by atoms with van der Waals surface area (Å²) in [4.78, 5) is 21.4. The summed E-state index contributed by atoms with van der Waals surface area (Å²) in [5.41, 5.74) is 5.80. The average molecular weight is 262 g/mol. The predicted molar refractivity (Wildman–Crippen MR) is 75.4 cm³/mol. The van der Waals surface area contributed by atoms with Gasteiger partial charge in [-0.1, -0.05) is 6.42 Å². The highest BCUT2D eigenvalue weighted by molar-refractivity contribution is 5.39. The third kappa shape index (κ3) is 2.52. The van der Waals surface area contributed by atoms with E-state index in [0.29, 0.717) is 24.4 Å². The van der Waals surface area contributed by atoms with Gasteiger partial charge in [-0.15, -0.1) is 0 Å². The number of anilines is 1. The van der Waals surface area contributed by atoms with Gasteiger partial charge in [0.1, 0.15) is 11.6 Å². The summed E-state index contributed by atoms with van der Waals surface area (Å²) in [5, 5.41) is 0. The topological polar surface area (TPSA) is 75.0 Å². The lowest BCUT2D eigenvalue weighted by Gasteiger charge is -2.30. The molecule has 1 aromatic rings. The Hall–Kier alpha value is -1.36. The van der Waals surface area contributed by atoms with E-state index >= 15 is 0 Å². The Morgan fingerprint density at radius 2 is 2.21 bits per heavy atom. The molecule has 2 unspecified atom stereocenters. The molecule has 0 amide bonds.